The molecule has 0 aromatic carbocycles. The summed E-state index contributed by atoms with van der Waals surface area (Å²) in [6.07, 6.45) is 29.1. The summed E-state index contributed by atoms with van der Waals surface area (Å²) >= 11 is 0. The van der Waals surface area contributed by atoms with Crippen molar-refractivity contribution in [2.24, 2.45) is 0 Å². The zero-order chi connectivity index (χ0) is 80.0. The van der Waals surface area contributed by atoms with Gasteiger partial charge in [-0.1, -0.05) is 59.4 Å². The van der Waals surface area contributed by atoms with Crippen molar-refractivity contribution in [1.82, 2.24) is 99.7 Å². The molecule has 0 unspecified atom stereocenters. The molecule has 0 aliphatic carbocycles. The van der Waals surface area contributed by atoms with Gasteiger partial charge in [-0.3, -0.25) is 57.1 Å². The highest BCUT2D eigenvalue weighted by Gasteiger charge is 2.35. The van der Waals surface area contributed by atoms with Gasteiger partial charge in [-0.2, -0.15) is 30.6 Å². The van der Waals surface area contributed by atoms with Crippen LogP contribution in [0.4, 0.5) is 0 Å². The van der Waals surface area contributed by atoms with Crippen molar-refractivity contribution in [3.8, 4) is 0 Å². The highest BCUT2D eigenvalue weighted by atomic mass is 16.2. The monoisotopic (exact) mass is 1620 g/mol. The van der Waals surface area contributed by atoms with Gasteiger partial charge in [0.05, 0.1) is 57.5 Å². The number of amides is 4. The number of H-pyrrole nitrogens is 6. The summed E-state index contributed by atoms with van der Waals surface area (Å²) < 4.78 is 15.5. The molecule has 30 nitrogen and oxygen atoms in total. The molecular weight excluding hydrogens is 1480 g/mol. The Morgan fingerprint density at radius 3 is 1.35 bits per heavy atom. The second-order valence-corrected chi connectivity index (χ2v) is 33.1. The van der Waals surface area contributed by atoms with Gasteiger partial charge >= 0.3 is 0 Å². The fourth-order valence-electron chi connectivity index (χ4n) is 12.0. The van der Waals surface area contributed by atoms with E-state index < -0.39 is 0 Å². The molecule has 117 heavy (non-hydrogen) atoms. The van der Waals surface area contributed by atoms with E-state index in [-0.39, 0.29) is 145 Å². The van der Waals surface area contributed by atoms with Crippen LogP contribution < -0.4 is 52.9 Å². The second kappa shape index (κ2) is 41.9. The standard InChI is InChI=1S/C11H16N2O.C11H14N2O.C10H15N3O.C10H13N3O.C10H15N3O.C9H13N3O.2C9H11N3O.8CH4/c2*1-11(2,3)13-6-8-4-5-12-10(14)9(8)7-13;2*1-10(2,3)13-8-4-5-11-9(14)7(8)6-12-13;1-10(2,3)13-6-7-4-5-11-9(14)8(7)12-13;2*1-6(2)12-5-7-8(11-12)3-4-10-9(7)13;1-6(2)12-5-7-3-4-10-9(13)8(7)11-12;;;;;;;;/h6-7H,4-5H2,1-3H3,(H,12,14);4-7H,1-3H3,(H,12,14);6H,4-5H2,1-3H3,(H,11,14);4-6H,1-3H3,(H,11,12,14);6H,4-5H2,1-3H3,(H,11,14);5-6H,3-4H2,1-2H3,(H,10,13);2*3-6H,1-2H3,(H,10,13);8*1H4/p+2. The summed E-state index contributed by atoms with van der Waals surface area (Å²) in [5.41, 5.74) is 9.10. The molecule has 646 valence electrons. The maximum atomic E-state index is 11.5. The maximum absolute atomic E-state index is 11.5. The van der Waals surface area contributed by atoms with Crippen molar-refractivity contribution in [3.63, 3.8) is 0 Å². The van der Waals surface area contributed by atoms with Gasteiger partial charge in [0.2, 0.25) is 11.2 Å². The number of rotatable bonds is 3. The molecule has 0 saturated heterocycles. The first-order valence-electron chi connectivity index (χ1n) is 37.1. The minimum absolute atomic E-state index is 0. The van der Waals surface area contributed by atoms with Gasteiger partial charge in [-0.15, -0.1) is 9.36 Å². The Bertz CT molecular complexity index is 5250. The van der Waals surface area contributed by atoms with E-state index in [1.54, 1.807) is 58.8 Å². The maximum Gasteiger partial charge on any atom is 0.276 e. The number of hydrogen-bond donors (Lipinski definition) is 10. The third-order valence-corrected chi connectivity index (χ3v) is 18.2. The first-order valence-corrected chi connectivity index (χ1v) is 37.1. The molecule has 0 radical (unpaired) electrons. The minimum atomic E-state index is -0.128. The molecule has 30 heteroatoms. The van der Waals surface area contributed by atoms with Crippen LogP contribution in [0.5, 0.6) is 0 Å². The van der Waals surface area contributed by atoms with E-state index in [1.165, 1.54) is 5.56 Å². The lowest BCUT2D eigenvalue weighted by Crippen LogP contribution is -2.55. The van der Waals surface area contributed by atoms with Crippen LogP contribution in [0.25, 0.3) is 43.5 Å². The van der Waals surface area contributed by atoms with E-state index in [1.807, 2.05) is 97.1 Å². The molecule has 0 atom stereocenters. The zero-order valence-corrected chi connectivity index (χ0v) is 66.9. The van der Waals surface area contributed by atoms with E-state index in [0.717, 1.165) is 106 Å². The fraction of sp³-hybridized carbons (Fsp3) is 0.517. The summed E-state index contributed by atoms with van der Waals surface area (Å²) in [6, 6.07) is 8.35. The topological polar surface area (TPSA) is 368 Å². The van der Waals surface area contributed by atoms with E-state index in [9.17, 15) is 38.4 Å². The van der Waals surface area contributed by atoms with Gasteiger partial charge in [-0.25, -0.2) is 0 Å². The van der Waals surface area contributed by atoms with Crippen molar-refractivity contribution in [2.45, 2.75) is 276 Å². The summed E-state index contributed by atoms with van der Waals surface area (Å²) in [4.78, 5) is 102. The van der Waals surface area contributed by atoms with Gasteiger partial charge < -0.3 is 50.3 Å². The highest BCUT2D eigenvalue weighted by molar-refractivity contribution is 5.97. The molecule has 4 amide bonds. The Morgan fingerprint density at radius 1 is 0.376 bits per heavy atom. The predicted octanol–water partition coefficient (Wildman–Crippen LogP) is 14.2. The number of nitrogens with one attached hydrogen (secondary N) is 10. The SMILES string of the molecule is C.C.C.C.C.C.C.C.CC(C)(C)[n+]1[nH]cc2c(=O)[nH]ccc21.CC(C)(C)[n+]1[nH]cc2c1CCNC2=O.CC(C)(C)n1cc2c(c1)C(=O)NCC2.CC(C)(C)n1cc2c(n1)C(=O)NCC2.CC(C)(C)n1cc2cc[nH]c(=O)c2c1.CC(C)n1cc2c(=O)[nH]ccc2n1.CC(C)n1cc2c(n1)CCNC2=O.CC(C)n1cc2cc[nH]c(=O)c2n1. The number of aromatic amines is 6. The lowest BCUT2D eigenvalue weighted by molar-refractivity contribution is -0.808. The first kappa shape index (κ1) is 104. The summed E-state index contributed by atoms with van der Waals surface area (Å²) in [5, 5.41) is 38.6. The van der Waals surface area contributed by atoms with Gasteiger partial charge in [0, 0.05) is 200 Å². The Labute approximate surface area is 691 Å². The van der Waals surface area contributed by atoms with Gasteiger partial charge in [0.1, 0.15) is 10.9 Å². The Hall–Kier alpha value is -11.5. The molecule has 4 aliphatic heterocycles. The van der Waals surface area contributed by atoms with Gasteiger partial charge in [0.25, 0.3) is 45.9 Å². The summed E-state index contributed by atoms with van der Waals surface area (Å²) in [6.45, 7) is 46.7. The molecule has 0 fully saturated rings. The van der Waals surface area contributed by atoms with Crippen molar-refractivity contribution in [3.05, 3.63) is 197 Å². The lowest BCUT2D eigenvalue weighted by atomic mass is 10.1. The molecule has 16 rings (SSSR count). The summed E-state index contributed by atoms with van der Waals surface area (Å²) in [5.74, 6) is 0.0575. The van der Waals surface area contributed by atoms with Crippen LogP contribution in [-0.4, -0.2) is 128 Å². The Kier molecular flexibility index (Phi) is 37.1. The van der Waals surface area contributed by atoms with Crippen LogP contribution in [0.3, 0.4) is 0 Å². The molecule has 0 bridgehead atoms. The first-order chi connectivity index (χ1) is 51.0. The normalized spacial score (nSPS) is 13.1. The third-order valence-electron chi connectivity index (χ3n) is 18.2. The molecule has 12 aromatic heterocycles. The van der Waals surface area contributed by atoms with Crippen LogP contribution in [-0.2, 0) is 53.4 Å². The smallest absolute Gasteiger partial charge is 0.276 e. The molecule has 10 N–H and O–H groups in total. The third kappa shape index (κ3) is 25.3. The van der Waals surface area contributed by atoms with E-state index in [0.29, 0.717) is 34.6 Å². The lowest BCUT2D eigenvalue weighted by Gasteiger charge is -2.20. The van der Waals surface area contributed by atoms with Crippen LogP contribution in [0, 0.1) is 0 Å². The van der Waals surface area contributed by atoms with Crippen LogP contribution in [0.1, 0.15) is 287 Å². The average molecular weight is 1620 g/mol. The number of carbonyl (C=O) groups is 4. The Morgan fingerprint density at radius 2 is 0.838 bits per heavy atom. The van der Waals surface area contributed by atoms with Gasteiger partial charge in [-0.05, 0) is 140 Å². The number of hydrogen-bond acceptors (Lipinski definition) is 12. The number of carbonyl (C=O) groups excluding carboxylic acids is 4. The molecule has 4 aliphatic rings. The summed E-state index contributed by atoms with van der Waals surface area (Å²) in [7, 11) is 0. The highest BCUT2D eigenvalue weighted by Crippen LogP contribution is 2.24. The second-order valence-electron chi connectivity index (χ2n) is 33.1. The van der Waals surface area contributed by atoms with E-state index >= 15 is 0 Å². The Balaban J connectivity index is 0.000000662. The van der Waals surface area contributed by atoms with Crippen LogP contribution >= 0.6 is 0 Å². The number of fused-ring (bicyclic) bond motifs is 8. The predicted molar refractivity (Wildman–Crippen MR) is 476 cm³/mol. The van der Waals surface area contributed by atoms with Crippen molar-refractivity contribution in [1.29, 1.82) is 0 Å². The average Bonchev–Trinajstić information content (AvgIpc) is 1.67. The van der Waals surface area contributed by atoms with Crippen molar-refractivity contribution in [2.75, 3.05) is 26.2 Å². The molecule has 0 saturated carbocycles. The molecule has 16 heterocycles. The largest absolute Gasteiger partial charge is 0.352 e. The van der Waals surface area contributed by atoms with E-state index in [4.69, 9.17) is 0 Å². The molecule has 0 spiro atoms. The number of pyridine rings is 4. The van der Waals surface area contributed by atoms with E-state index in [2.05, 4.69) is 210 Å². The van der Waals surface area contributed by atoms with Crippen molar-refractivity contribution >= 4 is 67.1 Å². The zero-order valence-electron chi connectivity index (χ0n) is 66.9. The molecule has 12 aromatic rings. The number of nitrogens with zero attached hydrogens (tertiary/aromatic N) is 12. The quantitative estimate of drug-likeness (QED) is 0.0738. The van der Waals surface area contributed by atoms with Crippen LogP contribution in [0.15, 0.2) is 130 Å². The molecular formula is C87H142N22O8+2. The van der Waals surface area contributed by atoms with Crippen molar-refractivity contribution < 1.29 is 28.5 Å². The fourth-order valence-corrected chi connectivity index (χ4v) is 12.0. The number of aromatic nitrogens is 18. The minimum Gasteiger partial charge on any atom is -0.352 e. The van der Waals surface area contributed by atoms with Crippen LogP contribution in [0.2, 0.25) is 0 Å². The van der Waals surface area contributed by atoms with Gasteiger partial charge in [0.15, 0.2) is 22.3 Å².